The maximum atomic E-state index is 10.1. The van der Waals surface area contributed by atoms with Crippen molar-refractivity contribution in [2.75, 3.05) is 17.9 Å². The summed E-state index contributed by atoms with van der Waals surface area (Å²) >= 11 is 2.90. The highest BCUT2D eigenvalue weighted by atomic mass is 32.2. The first kappa shape index (κ1) is 21.9. The number of fused-ring (bicyclic) bond motifs is 2. The third-order valence-electron chi connectivity index (χ3n) is 5.01. The van der Waals surface area contributed by atoms with E-state index in [9.17, 15) is 5.11 Å². The van der Waals surface area contributed by atoms with Gasteiger partial charge in [0.15, 0.2) is 0 Å². The largest absolute Gasteiger partial charge is 0.497 e. The molecule has 8 nitrogen and oxygen atoms in total. The number of ether oxygens (including phenoxy) is 1. The summed E-state index contributed by atoms with van der Waals surface area (Å²) < 4.78 is 5.13. The Labute approximate surface area is 204 Å². The summed E-state index contributed by atoms with van der Waals surface area (Å²) in [5, 5.41) is 27.0. The van der Waals surface area contributed by atoms with Crippen molar-refractivity contribution in [2.45, 2.75) is 16.7 Å². The van der Waals surface area contributed by atoms with Crippen molar-refractivity contribution in [1.82, 2.24) is 4.98 Å². The SMILES string of the molecule is COc1ccc(N=Nc2sc(NN=C(C)c3ccc4c(c3)Nc3ccccc3S4)nc2O)cc1. The monoisotopic (exact) mass is 488 g/mol. The number of thiazole rings is 1. The van der Waals surface area contributed by atoms with E-state index in [0.29, 0.717) is 15.8 Å². The number of para-hydroxylation sites is 1. The topological polar surface area (TPSA) is 103 Å². The van der Waals surface area contributed by atoms with Crippen LogP contribution in [0, 0.1) is 0 Å². The predicted molar refractivity (Wildman–Crippen MR) is 137 cm³/mol. The van der Waals surface area contributed by atoms with Gasteiger partial charge in [-0.15, -0.1) is 10.2 Å². The van der Waals surface area contributed by atoms with Crippen LogP contribution in [0.4, 0.5) is 27.2 Å². The van der Waals surface area contributed by atoms with Gasteiger partial charge in [-0.1, -0.05) is 41.3 Å². The van der Waals surface area contributed by atoms with E-state index < -0.39 is 0 Å². The van der Waals surface area contributed by atoms with Gasteiger partial charge in [0, 0.05) is 9.79 Å². The van der Waals surface area contributed by atoms with Gasteiger partial charge in [-0.2, -0.15) is 10.1 Å². The van der Waals surface area contributed by atoms with Gasteiger partial charge < -0.3 is 15.2 Å². The normalized spacial score (nSPS) is 12.7. The molecule has 3 N–H and O–H groups in total. The first-order valence-electron chi connectivity index (χ1n) is 10.3. The molecule has 0 bridgehead atoms. The Balaban J connectivity index is 1.28. The molecule has 0 radical (unpaired) electrons. The number of aromatic nitrogens is 1. The number of hydrazone groups is 1. The summed E-state index contributed by atoms with van der Waals surface area (Å²) in [4.78, 5) is 6.45. The number of nitrogens with one attached hydrogen (secondary N) is 2. The molecule has 0 amide bonds. The van der Waals surface area contributed by atoms with Gasteiger partial charge in [-0.25, -0.2) is 0 Å². The molecule has 34 heavy (non-hydrogen) atoms. The van der Waals surface area contributed by atoms with E-state index in [1.165, 1.54) is 9.79 Å². The highest BCUT2D eigenvalue weighted by Gasteiger charge is 2.16. The van der Waals surface area contributed by atoms with E-state index in [1.54, 1.807) is 43.1 Å². The van der Waals surface area contributed by atoms with Crippen molar-refractivity contribution in [3.8, 4) is 11.6 Å². The van der Waals surface area contributed by atoms with Crippen LogP contribution in [0.15, 0.2) is 91.9 Å². The van der Waals surface area contributed by atoms with Gasteiger partial charge >= 0.3 is 0 Å². The van der Waals surface area contributed by atoms with Gasteiger partial charge in [-0.3, -0.25) is 5.43 Å². The highest BCUT2D eigenvalue weighted by molar-refractivity contribution is 7.99. The fourth-order valence-electron chi connectivity index (χ4n) is 3.23. The van der Waals surface area contributed by atoms with Crippen molar-refractivity contribution < 1.29 is 9.84 Å². The maximum absolute atomic E-state index is 10.1. The molecule has 0 spiro atoms. The lowest BCUT2D eigenvalue weighted by molar-refractivity contribution is 0.415. The molecule has 4 aromatic rings. The lowest BCUT2D eigenvalue weighted by Gasteiger charge is -2.21. The first-order valence-corrected chi connectivity index (χ1v) is 12.0. The Morgan fingerprint density at radius 2 is 1.79 bits per heavy atom. The molecule has 0 unspecified atom stereocenters. The van der Waals surface area contributed by atoms with E-state index in [0.717, 1.165) is 39.7 Å². The Morgan fingerprint density at radius 3 is 2.62 bits per heavy atom. The lowest BCUT2D eigenvalue weighted by atomic mass is 10.1. The zero-order valence-corrected chi connectivity index (χ0v) is 19.9. The zero-order chi connectivity index (χ0) is 23.5. The molecule has 0 saturated heterocycles. The molecular weight excluding hydrogens is 468 g/mol. The summed E-state index contributed by atoms with van der Waals surface area (Å²) in [7, 11) is 1.60. The van der Waals surface area contributed by atoms with E-state index in [1.807, 2.05) is 25.1 Å². The molecule has 170 valence electrons. The molecule has 10 heteroatoms. The van der Waals surface area contributed by atoms with Crippen LogP contribution in [0.1, 0.15) is 12.5 Å². The molecule has 3 aromatic carbocycles. The summed E-state index contributed by atoms with van der Waals surface area (Å²) in [6.07, 6.45) is 0. The third kappa shape index (κ3) is 4.73. The minimum absolute atomic E-state index is 0.203. The maximum Gasteiger partial charge on any atom is 0.253 e. The summed E-state index contributed by atoms with van der Waals surface area (Å²) in [5.74, 6) is 0.531. The fraction of sp³-hybridized carbons (Fsp3) is 0.0833. The van der Waals surface area contributed by atoms with E-state index in [-0.39, 0.29) is 5.88 Å². The van der Waals surface area contributed by atoms with Crippen LogP contribution >= 0.6 is 23.1 Å². The molecule has 0 aliphatic carbocycles. The quantitative estimate of drug-likeness (QED) is 0.131. The van der Waals surface area contributed by atoms with Crippen molar-refractivity contribution in [1.29, 1.82) is 0 Å². The smallest absolute Gasteiger partial charge is 0.253 e. The number of hydrogen-bond donors (Lipinski definition) is 3. The van der Waals surface area contributed by atoms with E-state index in [4.69, 9.17) is 4.74 Å². The average molecular weight is 489 g/mol. The zero-order valence-electron chi connectivity index (χ0n) is 18.3. The fourth-order valence-corrected chi connectivity index (χ4v) is 4.82. The Bertz CT molecular complexity index is 1400. The number of methoxy groups -OCH3 is 1. The molecular formula is C24H20N6O2S2. The van der Waals surface area contributed by atoms with Crippen LogP contribution in [-0.4, -0.2) is 22.9 Å². The lowest BCUT2D eigenvalue weighted by Crippen LogP contribution is -2.04. The van der Waals surface area contributed by atoms with Crippen molar-refractivity contribution in [2.24, 2.45) is 15.3 Å². The van der Waals surface area contributed by atoms with Gasteiger partial charge in [0.1, 0.15) is 5.75 Å². The van der Waals surface area contributed by atoms with Gasteiger partial charge in [0.05, 0.1) is 29.9 Å². The summed E-state index contributed by atoms with van der Waals surface area (Å²) in [6.45, 7) is 1.91. The number of anilines is 3. The van der Waals surface area contributed by atoms with Crippen LogP contribution in [0.5, 0.6) is 11.6 Å². The van der Waals surface area contributed by atoms with Gasteiger partial charge in [0.2, 0.25) is 10.1 Å². The second kappa shape index (κ2) is 9.54. The van der Waals surface area contributed by atoms with Crippen molar-refractivity contribution in [3.05, 3.63) is 72.3 Å². The highest BCUT2D eigenvalue weighted by Crippen LogP contribution is 2.44. The Hall–Kier alpha value is -3.89. The number of azo groups is 1. The number of rotatable bonds is 6. The molecule has 1 aliphatic rings. The van der Waals surface area contributed by atoms with Gasteiger partial charge in [-0.05, 0) is 61.0 Å². The molecule has 0 saturated carbocycles. The first-order chi connectivity index (χ1) is 16.6. The molecule has 5 rings (SSSR count). The number of nitrogens with zero attached hydrogens (tertiary/aromatic N) is 4. The number of hydrogen-bond acceptors (Lipinski definition) is 10. The standard InChI is InChI=1S/C24H20N6O2S2/c1-14(15-7-12-21-19(13-15)25-18-5-3-4-6-20(18)33-21)27-30-24-26-22(31)23(34-24)29-28-16-8-10-17(32-2)11-9-16/h3-13,25,31H,1-2H3,(H,26,30). The Morgan fingerprint density at radius 1 is 1.00 bits per heavy atom. The van der Waals surface area contributed by atoms with Crippen LogP contribution in [0.2, 0.25) is 0 Å². The Kier molecular flexibility index (Phi) is 6.15. The minimum Gasteiger partial charge on any atom is -0.497 e. The minimum atomic E-state index is -0.203. The van der Waals surface area contributed by atoms with Crippen LogP contribution in [0.25, 0.3) is 0 Å². The molecule has 0 fully saturated rings. The van der Waals surface area contributed by atoms with Crippen LogP contribution in [0.3, 0.4) is 0 Å². The number of aromatic hydroxyl groups is 1. The van der Waals surface area contributed by atoms with E-state index in [2.05, 4.69) is 55.3 Å². The summed E-state index contributed by atoms with van der Waals surface area (Å²) in [5.41, 5.74) is 7.44. The van der Waals surface area contributed by atoms with Crippen molar-refractivity contribution in [3.63, 3.8) is 0 Å². The van der Waals surface area contributed by atoms with Crippen molar-refractivity contribution >= 4 is 56.0 Å². The predicted octanol–water partition coefficient (Wildman–Crippen LogP) is 7.32. The third-order valence-corrected chi connectivity index (χ3v) is 7.00. The van der Waals surface area contributed by atoms with Gasteiger partial charge in [0.25, 0.3) is 5.88 Å². The molecule has 1 aliphatic heterocycles. The summed E-state index contributed by atoms with van der Waals surface area (Å²) in [6, 6.07) is 21.6. The van der Waals surface area contributed by atoms with Crippen LogP contribution < -0.4 is 15.5 Å². The second-order valence-corrected chi connectivity index (χ2v) is 9.35. The van der Waals surface area contributed by atoms with Crippen LogP contribution in [-0.2, 0) is 0 Å². The molecule has 0 atom stereocenters. The number of benzene rings is 3. The van der Waals surface area contributed by atoms with E-state index >= 15 is 0 Å². The second-order valence-electron chi connectivity index (χ2n) is 7.29. The molecule has 2 heterocycles. The average Bonchev–Trinajstić information content (AvgIpc) is 3.23. The molecule has 1 aromatic heterocycles.